The lowest BCUT2D eigenvalue weighted by Crippen LogP contribution is -2.41. The van der Waals surface area contributed by atoms with E-state index in [4.69, 9.17) is 0 Å². The molecule has 1 atom stereocenters. The van der Waals surface area contributed by atoms with Gasteiger partial charge in [-0.05, 0) is 43.3 Å². The Kier molecular flexibility index (Phi) is 6.29. The van der Waals surface area contributed by atoms with Crippen molar-refractivity contribution >= 4 is 23.2 Å². The fourth-order valence-electron chi connectivity index (χ4n) is 2.89. The van der Waals surface area contributed by atoms with Gasteiger partial charge in [0.15, 0.2) is 5.82 Å². The Bertz CT molecular complexity index is 966. The van der Waals surface area contributed by atoms with Crippen molar-refractivity contribution in [2.24, 2.45) is 7.05 Å². The number of hydrogen-bond donors (Lipinski definition) is 2. The average Bonchev–Trinajstić information content (AvgIpc) is 3.18. The predicted molar refractivity (Wildman–Crippen MR) is 114 cm³/mol. The van der Waals surface area contributed by atoms with Gasteiger partial charge in [-0.1, -0.05) is 18.2 Å². The van der Waals surface area contributed by atoms with Gasteiger partial charge in [0.2, 0.25) is 5.78 Å². The van der Waals surface area contributed by atoms with Gasteiger partial charge in [0.1, 0.15) is 0 Å². The van der Waals surface area contributed by atoms with Crippen LogP contribution in [0.4, 0.5) is 16.2 Å². The zero-order chi connectivity index (χ0) is 20.8. The van der Waals surface area contributed by atoms with Gasteiger partial charge in [-0.3, -0.25) is 4.79 Å². The Morgan fingerprint density at radius 3 is 2.41 bits per heavy atom. The highest BCUT2D eigenvalue weighted by atomic mass is 16.2. The van der Waals surface area contributed by atoms with E-state index in [1.807, 2.05) is 44.3 Å². The Morgan fingerprint density at radius 2 is 1.79 bits per heavy atom. The number of amides is 2. The second kappa shape index (κ2) is 9.05. The minimum absolute atomic E-state index is 0.126. The van der Waals surface area contributed by atoms with E-state index in [9.17, 15) is 9.59 Å². The number of rotatable bonds is 7. The van der Waals surface area contributed by atoms with Crippen molar-refractivity contribution in [2.45, 2.75) is 13.0 Å². The second-order valence-corrected chi connectivity index (χ2v) is 6.90. The van der Waals surface area contributed by atoms with Crippen molar-refractivity contribution in [2.75, 3.05) is 23.8 Å². The van der Waals surface area contributed by atoms with Crippen LogP contribution in [0, 0.1) is 0 Å². The summed E-state index contributed by atoms with van der Waals surface area (Å²) in [6, 6.07) is 16.6. The summed E-state index contributed by atoms with van der Waals surface area (Å²) in [5.74, 6) is 0.214. The molecule has 0 radical (unpaired) electrons. The lowest BCUT2D eigenvalue weighted by molar-refractivity contribution is 0.102. The first-order valence-corrected chi connectivity index (χ1v) is 9.40. The summed E-state index contributed by atoms with van der Waals surface area (Å²) in [4.78, 5) is 30.8. The number of carbonyl (C=O) groups excluding carboxylic acids is 2. The number of hydrogen-bond acceptors (Lipinski definition) is 4. The molecule has 0 fully saturated rings. The number of carbonyl (C=O) groups is 2. The molecular formula is C22H25N5O2. The van der Waals surface area contributed by atoms with Crippen molar-refractivity contribution in [1.29, 1.82) is 0 Å². The number of imidazole rings is 1. The number of ketones is 1. The molecule has 1 unspecified atom stereocenters. The summed E-state index contributed by atoms with van der Waals surface area (Å²) in [5.41, 5.74) is 2.22. The van der Waals surface area contributed by atoms with Gasteiger partial charge in [-0.2, -0.15) is 0 Å². The van der Waals surface area contributed by atoms with Crippen LogP contribution >= 0.6 is 0 Å². The molecule has 7 heteroatoms. The Morgan fingerprint density at radius 1 is 1.10 bits per heavy atom. The van der Waals surface area contributed by atoms with Gasteiger partial charge in [-0.15, -0.1) is 0 Å². The second-order valence-electron chi connectivity index (χ2n) is 6.90. The molecule has 29 heavy (non-hydrogen) atoms. The zero-order valence-corrected chi connectivity index (χ0v) is 16.8. The summed E-state index contributed by atoms with van der Waals surface area (Å²) < 4.78 is 1.68. The van der Waals surface area contributed by atoms with Crippen molar-refractivity contribution in [3.05, 3.63) is 78.4 Å². The minimum atomic E-state index is -0.290. The lowest BCUT2D eigenvalue weighted by atomic mass is 10.1. The minimum Gasteiger partial charge on any atom is -0.370 e. The first-order chi connectivity index (χ1) is 14.0. The van der Waals surface area contributed by atoms with Crippen LogP contribution in [0.3, 0.4) is 0 Å². The van der Waals surface area contributed by atoms with Gasteiger partial charge in [0.25, 0.3) is 0 Å². The number of aryl methyl sites for hydroxylation is 1. The largest absolute Gasteiger partial charge is 0.370 e. The lowest BCUT2D eigenvalue weighted by Gasteiger charge is -2.27. The molecular weight excluding hydrogens is 366 g/mol. The fraction of sp³-hybridized carbons (Fsp3) is 0.227. The van der Waals surface area contributed by atoms with Crippen LogP contribution in [0.1, 0.15) is 23.1 Å². The van der Waals surface area contributed by atoms with E-state index < -0.39 is 0 Å². The van der Waals surface area contributed by atoms with E-state index in [2.05, 4.69) is 20.5 Å². The number of urea groups is 1. The van der Waals surface area contributed by atoms with Crippen LogP contribution in [-0.4, -0.2) is 41.0 Å². The van der Waals surface area contributed by atoms with Gasteiger partial charge >= 0.3 is 6.03 Å². The molecule has 2 N–H and O–H groups in total. The third-order valence-corrected chi connectivity index (χ3v) is 4.81. The summed E-state index contributed by atoms with van der Waals surface area (Å²) >= 11 is 0. The first-order valence-electron chi connectivity index (χ1n) is 9.40. The maximum atomic E-state index is 12.4. The van der Waals surface area contributed by atoms with Crippen molar-refractivity contribution < 1.29 is 9.59 Å². The maximum Gasteiger partial charge on any atom is 0.319 e. The highest BCUT2D eigenvalue weighted by molar-refractivity contribution is 6.07. The van der Waals surface area contributed by atoms with Crippen molar-refractivity contribution in [3.8, 4) is 0 Å². The third kappa shape index (κ3) is 5.01. The maximum absolute atomic E-state index is 12.4. The quantitative estimate of drug-likeness (QED) is 0.606. The highest BCUT2D eigenvalue weighted by Crippen LogP contribution is 2.14. The van der Waals surface area contributed by atoms with Crippen LogP contribution in [0.25, 0.3) is 0 Å². The van der Waals surface area contributed by atoms with Crippen LogP contribution in [0.5, 0.6) is 0 Å². The molecule has 3 rings (SSSR count). The fourth-order valence-corrected chi connectivity index (χ4v) is 2.89. The number of nitrogens with one attached hydrogen (secondary N) is 2. The summed E-state index contributed by atoms with van der Waals surface area (Å²) in [5, 5.41) is 5.66. The van der Waals surface area contributed by atoms with E-state index >= 15 is 0 Å². The van der Waals surface area contributed by atoms with E-state index in [-0.39, 0.29) is 17.9 Å². The normalized spacial score (nSPS) is 11.6. The molecule has 1 heterocycles. The van der Waals surface area contributed by atoms with Gasteiger partial charge in [-0.25, -0.2) is 9.78 Å². The molecule has 0 saturated carbocycles. The van der Waals surface area contributed by atoms with E-state index in [1.165, 1.54) is 0 Å². The molecule has 1 aromatic heterocycles. The van der Waals surface area contributed by atoms with Crippen molar-refractivity contribution in [1.82, 2.24) is 14.9 Å². The molecule has 0 saturated heterocycles. The first kappa shape index (κ1) is 20.1. The van der Waals surface area contributed by atoms with Crippen LogP contribution in [-0.2, 0) is 7.05 Å². The Labute approximate surface area is 170 Å². The van der Waals surface area contributed by atoms with Gasteiger partial charge < -0.3 is 20.1 Å². The number of nitrogens with zero attached hydrogens (tertiary/aromatic N) is 3. The van der Waals surface area contributed by atoms with Crippen molar-refractivity contribution in [3.63, 3.8) is 0 Å². The summed E-state index contributed by atoms with van der Waals surface area (Å²) in [7, 11) is 3.77. The molecule has 7 nitrogen and oxygen atoms in total. The number of benzene rings is 2. The van der Waals surface area contributed by atoms with E-state index in [0.29, 0.717) is 23.6 Å². The highest BCUT2D eigenvalue weighted by Gasteiger charge is 2.14. The third-order valence-electron chi connectivity index (χ3n) is 4.81. The number of anilines is 2. The van der Waals surface area contributed by atoms with Crippen LogP contribution in [0.15, 0.2) is 67.0 Å². The van der Waals surface area contributed by atoms with Crippen LogP contribution in [0.2, 0.25) is 0 Å². The number of para-hydroxylation sites is 1. The Balaban J connectivity index is 1.52. The molecule has 150 valence electrons. The zero-order valence-electron chi connectivity index (χ0n) is 16.8. The van der Waals surface area contributed by atoms with Gasteiger partial charge in [0.05, 0.1) is 0 Å². The number of aromatic nitrogens is 2. The summed E-state index contributed by atoms with van der Waals surface area (Å²) in [6.07, 6.45) is 3.31. The van der Waals surface area contributed by atoms with E-state index in [1.54, 1.807) is 48.3 Å². The molecule has 0 aliphatic rings. The molecule has 0 spiro atoms. The molecule has 2 amide bonds. The molecule has 0 bridgehead atoms. The standard InChI is InChI=1S/C22H25N5O2/c1-16(27(3)19-7-5-4-6-8-19)15-24-22(29)25-18-11-9-17(10-12-18)20(28)21-23-13-14-26(21)2/h4-14,16H,15H2,1-3H3,(H2,24,25,29). The number of likely N-dealkylation sites (N-methyl/N-ethyl adjacent to an activating group) is 1. The molecule has 2 aromatic carbocycles. The molecule has 0 aliphatic heterocycles. The Hall–Kier alpha value is -3.61. The molecule has 3 aromatic rings. The summed E-state index contributed by atoms with van der Waals surface area (Å²) in [6.45, 7) is 2.54. The molecule has 0 aliphatic carbocycles. The predicted octanol–water partition coefficient (Wildman–Crippen LogP) is 3.30. The smallest absolute Gasteiger partial charge is 0.319 e. The topological polar surface area (TPSA) is 79.3 Å². The van der Waals surface area contributed by atoms with Gasteiger partial charge in [0, 0.05) is 56.0 Å². The van der Waals surface area contributed by atoms with Crippen LogP contribution < -0.4 is 15.5 Å². The SMILES string of the molecule is CC(CNC(=O)Nc1ccc(C(=O)c2nccn2C)cc1)N(C)c1ccccc1. The monoisotopic (exact) mass is 391 g/mol. The average molecular weight is 391 g/mol. The van der Waals surface area contributed by atoms with E-state index in [0.717, 1.165) is 5.69 Å².